The van der Waals surface area contributed by atoms with Crippen LogP contribution < -0.4 is 11.1 Å². The van der Waals surface area contributed by atoms with E-state index < -0.39 is 0 Å². The number of nitrogens with one attached hydrogen (secondary N) is 1. The van der Waals surface area contributed by atoms with Gasteiger partial charge in [0.25, 0.3) is 0 Å². The van der Waals surface area contributed by atoms with E-state index in [-0.39, 0.29) is 0 Å². The molecule has 0 saturated carbocycles. The van der Waals surface area contributed by atoms with Gasteiger partial charge in [0, 0.05) is 6.54 Å². The highest BCUT2D eigenvalue weighted by atomic mass is 14.9. The van der Waals surface area contributed by atoms with Gasteiger partial charge in [0.05, 0.1) is 0 Å². The predicted molar refractivity (Wildman–Crippen MR) is 34.1 cm³/mol. The van der Waals surface area contributed by atoms with Crippen LogP contribution in [0.15, 0.2) is 0 Å². The fourth-order valence-electron chi connectivity index (χ4n) is 1.04. The molecule has 2 heteroatoms. The summed E-state index contributed by atoms with van der Waals surface area (Å²) in [5.41, 5.74) is 5.35. The minimum atomic E-state index is 0.677. The number of hydrogen-bond acceptors (Lipinski definition) is 2. The van der Waals surface area contributed by atoms with E-state index in [2.05, 4.69) is 5.32 Å². The molecular weight excluding hydrogens is 100 g/mol. The van der Waals surface area contributed by atoms with E-state index >= 15 is 0 Å². The summed E-state index contributed by atoms with van der Waals surface area (Å²) in [6.45, 7) is 4.09. The molecule has 0 aromatic carbocycles. The standard InChI is InChI=1S/C6H13N2/c7-5-6-1-3-8-4-2-6/h5-6,8H,1-4,7H2. The monoisotopic (exact) mass is 113 g/mol. The van der Waals surface area contributed by atoms with Gasteiger partial charge in [-0.1, -0.05) is 0 Å². The van der Waals surface area contributed by atoms with Gasteiger partial charge in [-0.15, -0.1) is 0 Å². The number of hydrogen-bond donors (Lipinski definition) is 2. The highest BCUT2D eigenvalue weighted by Crippen LogP contribution is 2.10. The van der Waals surface area contributed by atoms with Gasteiger partial charge in [-0.25, -0.2) is 0 Å². The zero-order valence-corrected chi connectivity index (χ0v) is 5.06. The second kappa shape index (κ2) is 3.05. The third kappa shape index (κ3) is 1.46. The third-order valence-electron chi connectivity index (χ3n) is 1.66. The lowest BCUT2D eigenvalue weighted by Crippen LogP contribution is -2.29. The number of rotatable bonds is 1. The zero-order valence-electron chi connectivity index (χ0n) is 5.06. The quantitative estimate of drug-likeness (QED) is 0.506. The van der Waals surface area contributed by atoms with Crippen molar-refractivity contribution in [2.24, 2.45) is 11.7 Å². The van der Waals surface area contributed by atoms with Crippen LogP contribution in [0.5, 0.6) is 0 Å². The van der Waals surface area contributed by atoms with Crippen LogP contribution in [0, 0.1) is 12.5 Å². The molecule has 8 heavy (non-hydrogen) atoms. The van der Waals surface area contributed by atoms with Gasteiger partial charge in [0.2, 0.25) is 0 Å². The van der Waals surface area contributed by atoms with Crippen LogP contribution in [0.1, 0.15) is 12.8 Å². The molecule has 1 aliphatic heterocycles. The highest BCUT2D eigenvalue weighted by Gasteiger charge is 2.09. The fraction of sp³-hybridized carbons (Fsp3) is 0.833. The van der Waals surface area contributed by atoms with Gasteiger partial charge >= 0.3 is 0 Å². The first-order chi connectivity index (χ1) is 3.93. The maximum atomic E-state index is 5.35. The van der Waals surface area contributed by atoms with E-state index in [9.17, 15) is 0 Å². The Morgan fingerprint density at radius 2 is 2.00 bits per heavy atom. The second-order valence-corrected chi connectivity index (χ2v) is 2.28. The smallest absolute Gasteiger partial charge is 0.0224 e. The van der Waals surface area contributed by atoms with Crippen molar-refractivity contribution in [1.82, 2.24) is 5.32 Å². The fourth-order valence-corrected chi connectivity index (χ4v) is 1.04. The van der Waals surface area contributed by atoms with E-state index in [1.807, 2.05) is 6.54 Å². The Hall–Kier alpha value is -0.0800. The molecular formula is C6H13N2. The van der Waals surface area contributed by atoms with Crippen LogP contribution in [0.3, 0.4) is 0 Å². The van der Waals surface area contributed by atoms with Crippen LogP contribution in [-0.2, 0) is 0 Å². The lowest BCUT2D eigenvalue weighted by Gasteiger charge is -2.19. The summed E-state index contributed by atoms with van der Waals surface area (Å²) in [5.74, 6) is 0.677. The van der Waals surface area contributed by atoms with E-state index in [0.29, 0.717) is 5.92 Å². The third-order valence-corrected chi connectivity index (χ3v) is 1.66. The molecule has 3 N–H and O–H groups in total. The van der Waals surface area contributed by atoms with Crippen molar-refractivity contribution >= 4 is 0 Å². The highest BCUT2D eigenvalue weighted by molar-refractivity contribution is 4.75. The molecule has 0 unspecified atom stereocenters. The SMILES string of the molecule is N[CH]C1CCNCC1. The first-order valence-electron chi connectivity index (χ1n) is 3.19. The molecule has 0 bridgehead atoms. The van der Waals surface area contributed by atoms with Gasteiger partial charge in [-0.05, 0) is 31.8 Å². The molecule has 0 spiro atoms. The number of piperidine rings is 1. The van der Waals surface area contributed by atoms with E-state index in [1.54, 1.807) is 0 Å². The van der Waals surface area contributed by atoms with Crippen LogP contribution in [0.4, 0.5) is 0 Å². The van der Waals surface area contributed by atoms with Crippen molar-refractivity contribution in [3.8, 4) is 0 Å². The molecule has 1 saturated heterocycles. The Balaban J connectivity index is 2.13. The Morgan fingerprint density at radius 1 is 1.38 bits per heavy atom. The Morgan fingerprint density at radius 3 is 2.38 bits per heavy atom. The molecule has 1 fully saturated rings. The normalized spacial score (nSPS) is 23.6. The summed E-state index contributed by atoms with van der Waals surface area (Å²) in [6, 6.07) is 0. The van der Waals surface area contributed by atoms with Gasteiger partial charge in [-0.3, -0.25) is 0 Å². The van der Waals surface area contributed by atoms with Crippen molar-refractivity contribution in [2.75, 3.05) is 13.1 Å². The van der Waals surface area contributed by atoms with Crippen molar-refractivity contribution in [2.45, 2.75) is 12.8 Å². The van der Waals surface area contributed by atoms with E-state index in [4.69, 9.17) is 5.73 Å². The predicted octanol–water partition coefficient (Wildman–Crippen LogP) is 0.106. The van der Waals surface area contributed by atoms with Crippen LogP contribution in [0.2, 0.25) is 0 Å². The largest absolute Gasteiger partial charge is 0.326 e. The molecule has 0 aromatic rings. The van der Waals surface area contributed by atoms with Crippen LogP contribution in [0.25, 0.3) is 0 Å². The Labute approximate surface area is 50.4 Å². The lowest BCUT2D eigenvalue weighted by molar-refractivity contribution is 0.413. The van der Waals surface area contributed by atoms with Gasteiger partial charge in [-0.2, -0.15) is 0 Å². The molecule has 0 aliphatic carbocycles. The summed E-state index contributed by atoms with van der Waals surface area (Å²) in [4.78, 5) is 0. The first-order valence-corrected chi connectivity index (χ1v) is 3.19. The summed E-state index contributed by atoms with van der Waals surface area (Å²) < 4.78 is 0. The van der Waals surface area contributed by atoms with Gasteiger partial charge in [0.15, 0.2) is 0 Å². The Kier molecular flexibility index (Phi) is 2.30. The first kappa shape index (κ1) is 6.05. The minimum Gasteiger partial charge on any atom is -0.326 e. The lowest BCUT2D eigenvalue weighted by atomic mass is 9.99. The van der Waals surface area contributed by atoms with Crippen molar-refractivity contribution < 1.29 is 0 Å². The molecule has 0 amide bonds. The van der Waals surface area contributed by atoms with E-state index in [1.165, 1.54) is 12.8 Å². The van der Waals surface area contributed by atoms with Gasteiger partial charge < -0.3 is 11.1 Å². The average molecular weight is 113 g/mol. The molecule has 1 heterocycles. The van der Waals surface area contributed by atoms with Crippen molar-refractivity contribution in [3.05, 3.63) is 6.54 Å². The summed E-state index contributed by atoms with van der Waals surface area (Å²) >= 11 is 0. The Bertz CT molecular complexity index is 57.5. The molecule has 0 atom stereocenters. The van der Waals surface area contributed by atoms with Crippen LogP contribution >= 0.6 is 0 Å². The van der Waals surface area contributed by atoms with Crippen molar-refractivity contribution in [3.63, 3.8) is 0 Å². The average Bonchev–Trinajstić information content (AvgIpc) is 1.90. The van der Waals surface area contributed by atoms with E-state index in [0.717, 1.165) is 13.1 Å². The van der Waals surface area contributed by atoms with Crippen molar-refractivity contribution in [1.29, 1.82) is 0 Å². The molecule has 1 aliphatic rings. The molecule has 47 valence electrons. The van der Waals surface area contributed by atoms with Crippen LogP contribution in [-0.4, -0.2) is 13.1 Å². The summed E-state index contributed by atoms with van der Waals surface area (Å²) in [6.07, 6.45) is 2.44. The topological polar surface area (TPSA) is 38.0 Å². The minimum absolute atomic E-state index is 0.677. The summed E-state index contributed by atoms with van der Waals surface area (Å²) in [7, 11) is 0. The maximum Gasteiger partial charge on any atom is 0.0224 e. The summed E-state index contributed by atoms with van der Waals surface area (Å²) in [5, 5.41) is 3.27. The molecule has 1 rings (SSSR count). The number of nitrogens with two attached hydrogens (primary N) is 1. The second-order valence-electron chi connectivity index (χ2n) is 2.28. The molecule has 1 radical (unpaired) electrons. The zero-order chi connectivity index (χ0) is 5.82. The van der Waals surface area contributed by atoms with Gasteiger partial charge in [0.1, 0.15) is 0 Å². The maximum absolute atomic E-state index is 5.35. The molecule has 2 nitrogen and oxygen atoms in total. The molecule has 0 aromatic heterocycles.